The number of carbonyl (C=O) groups excluding carboxylic acids is 1. The number of hydrogen-bond donors (Lipinski definition) is 0. The Balaban J connectivity index is 0.00000326. The second kappa shape index (κ2) is 15.7. The fraction of sp³-hybridized carbons (Fsp3) is 0.708. The number of carbonyl (C=O) groups is 1. The van der Waals surface area contributed by atoms with Crippen LogP contribution in [0.4, 0.5) is 0 Å². The molecule has 3 nitrogen and oxygen atoms in total. The van der Waals surface area contributed by atoms with Gasteiger partial charge in [-0.1, -0.05) is 45.9 Å². The van der Waals surface area contributed by atoms with Crippen molar-refractivity contribution in [2.45, 2.75) is 73.6 Å². The number of hydrogen-bond acceptors (Lipinski definition) is 3. The Morgan fingerprint density at radius 3 is 2.48 bits per heavy atom. The standard InChI is InChI=1S/C22H37NO2.C2H6/c1-6-22(10-9-18(2)16-21(5)24)25-14-8-7-12-23-13-11-19(3)15-20(4)17-23;1-2/h6,9-10,19-20H,1,7-8,11-17H2,2-5H3;1-2H3/b18-9+,22-10+;/t19?,20-;/m1./s1. The van der Waals surface area contributed by atoms with Gasteiger partial charge in [-0.15, -0.1) is 0 Å². The summed E-state index contributed by atoms with van der Waals surface area (Å²) in [5.74, 6) is 2.64. The normalized spacial score (nSPS) is 21.7. The summed E-state index contributed by atoms with van der Waals surface area (Å²) in [6.45, 7) is 20.5. The van der Waals surface area contributed by atoms with Gasteiger partial charge in [-0.2, -0.15) is 0 Å². The Morgan fingerprint density at radius 1 is 1.15 bits per heavy atom. The third-order valence-electron chi connectivity index (χ3n) is 4.71. The number of unbranched alkanes of at least 4 members (excludes halogenated alkanes) is 1. The first-order valence-corrected chi connectivity index (χ1v) is 10.7. The number of Topliss-reactive ketones (excluding diaryl/α,β-unsaturated/α-hetero) is 1. The van der Waals surface area contributed by atoms with Gasteiger partial charge in [-0.3, -0.25) is 4.79 Å². The molecule has 0 aromatic heterocycles. The maximum atomic E-state index is 11.1. The SMILES string of the molecule is C=C/C(=C\C=C(/C)CC(C)=O)OCCCCN1CCC(C)C[C@@H](C)C1.CC. The van der Waals surface area contributed by atoms with Crippen molar-refractivity contribution < 1.29 is 9.53 Å². The molecule has 0 radical (unpaired) electrons. The molecule has 2 atom stereocenters. The van der Waals surface area contributed by atoms with Crippen molar-refractivity contribution in [3.8, 4) is 0 Å². The molecule has 156 valence electrons. The monoisotopic (exact) mass is 377 g/mol. The highest BCUT2D eigenvalue weighted by Gasteiger charge is 2.18. The lowest BCUT2D eigenvalue weighted by atomic mass is 9.97. The van der Waals surface area contributed by atoms with E-state index in [0.29, 0.717) is 6.42 Å². The van der Waals surface area contributed by atoms with E-state index in [4.69, 9.17) is 4.74 Å². The molecule has 1 unspecified atom stereocenters. The summed E-state index contributed by atoms with van der Waals surface area (Å²) in [4.78, 5) is 13.7. The van der Waals surface area contributed by atoms with E-state index in [1.54, 1.807) is 13.0 Å². The number of rotatable bonds is 10. The molecule has 1 aliphatic rings. The molecule has 27 heavy (non-hydrogen) atoms. The summed E-state index contributed by atoms with van der Waals surface area (Å²) in [5, 5.41) is 0. The molecule has 1 saturated heterocycles. The van der Waals surface area contributed by atoms with Gasteiger partial charge in [0, 0.05) is 13.0 Å². The van der Waals surface area contributed by atoms with Gasteiger partial charge in [0.25, 0.3) is 0 Å². The molecular weight excluding hydrogens is 334 g/mol. The zero-order chi connectivity index (χ0) is 20.7. The third-order valence-corrected chi connectivity index (χ3v) is 4.71. The minimum atomic E-state index is 0.181. The van der Waals surface area contributed by atoms with Crippen LogP contribution in [0.5, 0.6) is 0 Å². The molecule has 1 heterocycles. The van der Waals surface area contributed by atoms with Crippen molar-refractivity contribution in [1.82, 2.24) is 4.90 Å². The van der Waals surface area contributed by atoms with Crippen molar-refractivity contribution in [3.63, 3.8) is 0 Å². The summed E-state index contributed by atoms with van der Waals surface area (Å²) in [6.07, 6.45) is 11.0. The minimum absolute atomic E-state index is 0.181. The van der Waals surface area contributed by atoms with Gasteiger partial charge in [0.2, 0.25) is 0 Å². The fourth-order valence-corrected chi connectivity index (χ4v) is 3.50. The van der Waals surface area contributed by atoms with Gasteiger partial charge in [0.1, 0.15) is 11.5 Å². The Bertz CT molecular complexity index is 479. The lowest BCUT2D eigenvalue weighted by molar-refractivity contribution is -0.116. The summed E-state index contributed by atoms with van der Waals surface area (Å²) in [5.41, 5.74) is 1.04. The van der Waals surface area contributed by atoms with Gasteiger partial charge in [-0.05, 0) is 76.6 Å². The fourth-order valence-electron chi connectivity index (χ4n) is 3.50. The molecule has 0 spiro atoms. The Hall–Kier alpha value is -1.35. The van der Waals surface area contributed by atoms with Crippen LogP contribution in [0.15, 0.2) is 36.1 Å². The second-order valence-electron chi connectivity index (χ2n) is 7.76. The van der Waals surface area contributed by atoms with Crippen molar-refractivity contribution >= 4 is 5.78 Å². The predicted molar refractivity (Wildman–Crippen MR) is 118 cm³/mol. The highest BCUT2D eigenvalue weighted by Crippen LogP contribution is 2.21. The first kappa shape index (κ1) is 25.6. The van der Waals surface area contributed by atoms with Crippen LogP contribution >= 0.6 is 0 Å². The lowest BCUT2D eigenvalue weighted by Gasteiger charge is -2.22. The summed E-state index contributed by atoms with van der Waals surface area (Å²) in [6, 6.07) is 0. The van der Waals surface area contributed by atoms with Gasteiger partial charge < -0.3 is 9.64 Å². The van der Waals surface area contributed by atoms with Gasteiger partial charge in [0.15, 0.2) is 0 Å². The zero-order valence-electron chi connectivity index (χ0n) is 18.7. The van der Waals surface area contributed by atoms with Crippen LogP contribution in [-0.2, 0) is 9.53 Å². The smallest absolute Gasteiger partial charge is 0.133 e. The maximum absolute atomic E-state index is 11.1. The average Bonchev–Trinajstić information content (AvgIpc) is 2.78. The van der Waals surface area contributed by atoms with E-state index in [9.17, 15) is 4.79 Å². The molecule has 0 aromatic rings. The van der Waals surface area contributed by atoms with Crippen LogP contribution in [0.2, 0.25) is 0 Å². The maximum Gasteiger partial charge on any atom is 0.133 e. The summed E-state index contributed by atoms with van der Waals surface area (Å²) < 4.78 is 5.79. The largest absolute Gasteiger partial charge is 0.494 e. The van der Waals surface area contributed by atoms with E-state index in [1.807, 2.05) is 32.9 Å². The van der Waals surface area contributed by atoms with Gasteiger partial charge in [0.05, 0.1) is 6.61 Å². The van der Waals surface area contributed by atoms with Crippen molar-refractivity contribution in [3.05, 3.63) is 36.1 Å². The Morgan fingerprint density at radius 2 is 1.85 bits per heavy atom. The molecule has 3 heteroatoms. The molecule has 0 aromatic carbocycles. The topological polar surface area (TPSA) is 29.5 Å². The van der Waals surface area contributed by atoms with E-state index in [1.165, 1.54) is 38.9 Å². The third kappa shape index (κ3) is 13.5. The molecule has 0 saturated carbocycles. The zero-order valence-corrected chi connectivity index (χ0v) is 18.7. The second-order valence-corrected chi connectivity index (χ2v) is 7.76. The summed E-state index contributed by atoms with van der Waals surface area (Å²) in [7, 11) is 0. The van der Waals surface area contributed by atoms with E-state index >= 15 is 0 Å². The molecular formula is C24H43NO2. The molecule has 1 aliphatic heterocycles. The number of likely N-dealkylation sites (tertiary alicyclic amines) is 1. The van der Waals surface area contributed by atoms with Crippen LogP contribution in [0.1, 0.15) is 73.6 Å². The van der Waals surface area contributed by atoms with Crippen molar-refractivity contribution in [2.24, 2.45) is 11.8 Å². The van der Waals surface area contributed by atoms with E-state index in [0.717, 1.165) is 36.2 Å². The predicted octanol–water partition coefficient (Wildman–Crippen LogP) is 6.17. The number of ketones is 1. The molecule has 0 amide bonds. The van der Waals surface area contributed by atoms with Crippen LogP contribution in [0.3, 0.4) is 0 Å². The van der Waals surface area contributed by atoms with Crippen LogP contribution < -0.4 is 0 Å². The first-order valence-electron chi connectivity index (χ1n) is 10.7. The quantitative estimate of drug-likeness (QED) is 0.259. The van der Waals surface area contributed by atoms with E-state index < -0.39 is 0 Å². The first-order chi connectivity index (χ1) is 12.9. The Labute approximate surface area is 168 Å². The Kier molecular flexibility index (Phi) is 14.9. The van der Waals surface area contributed by atoms with Crippen LogP contribution in [-0.4, -0.2) is 36.9 Å². The van der Waals surface area contributed by atoms with Gasteiger partial charge in [-0.25, -0.2) is 0 Å². The van der Waals surface area contributed by atoms with Crippen LogP contribution in [0, 0.1) is 11.8 Å². The molecule has 0 bridgehead atoms. The summed E-state index contributed by atoms with van der Waals surface area (Å²) >= 11 is 0. The van der Waals surface area contributed by atoms with Crippen molar-refractivity contribution in [1.29, 1.82) is 0 Å². The highest BCUT2D eigenvalue weighted by atomic mass is 16.5. The minimum Gasteiger partial charge on any atom is -0.494 e. The van der Waals surface area contributed by atoms with Crippen molar-refractivity contribution in [2.75, 3.05) is 26.2 Å². The number of allylic oxidation sites excluding steroid dienone is 4. The number of nitrogens with zero attached hydrogens (tertiary/aromatic N) is 1. The van der Waals surface area contributed by atoms with E-state index in [-0.39, 0.29) is 5.78 Å². The highest BCUT2D eigenvalue weighted by molar-refractivity contribution is 5.78. The lowest BCUT2D eigenvalue weighted by Crippen LogP contribution is -2.28. The molecule has 0 N–H and O–H groups in total. The molecule has 1 fully saturated rings. The molecule has 1 rings (SSSR count). The molecule has 0 aliphatic carbocycles. The van der Waals surface area contributed by atoms with E-state index in [2.05, 4.69) is 25.3 Å². The van der Waals surface area contributed by atoms with Gasteiger partial charge >= 0.3 is 0 Å². The van der Waals surface area contributed by atoms with Crippen LogP contribution in [0.25, 0.3) is 0 Å². The number of ether oxygens (including phenoxy) is 1. The average molecular weight is 378 g/mol.